The summed E-state index contributed by atoms with van der Waals surface area (Å²) in [5.74, 6) is 0.823. The first-order chi connectivity index (χ1) is 8.24. The Balaban J connectivity index is 1.65. The van der Waals surface area contributed by atoms with Gasteiger partial charge in [-0.25, -0.2) is 0 Å². The largest absolute Gasteiger partial charge is 0.352 e. The van der Waals surface area contributed by atoms with Crippen LogP contribution in [0.15, 0.2) is 24.3 Å². The fourth-order valence-electron chi connectivity index (χ4n) is 2.45. The summed E-state index contributed by atoms with van der Waals surface area (Å²) in [5.41, 5.74) is 2.62. The van der Waals surface area contributed by atoms with Crippen molar-refractivity contribution in [3.63, 3.8) is 0 Å². The fraction of sp³-hybridized carbons (Fsp3) is 0.500. The van der Waals surface area contributed by atoms with Crippen molar-refractivity contribution < 1.29 is 4.79 Å². The SMILES string of the molecule is CC1CC1NC(=O)[C@H]1Cc2ccccc2CN1. The normalized spacial score (nSPS) is 30.5. The highest BCUT2D eigenvalue weighted by Crippen LogP contribution is 2.29. The second-order valence-electron chi connectivity index (χ2n) is 5.23. The van der Waals surface area contributed by atoms with Crippen LogP contribution in [0.4, 0.5) is 0 Å². The molecule has 3 atom stereocenters. The van der Waals surface area contributed by atoms with Crippen molar-refractivity contribution in [3.05, 3.63) is 35.4 Å². The third-order valence-electron chi connectivity index (χ3n) is 3.83. The molecule has 3 heteroatoms. The second kappa shape index (κ2) is 4.15. The zero-order valence-electron chi connectivity index (χ0n) is 10.1. The number of hydrogen-bond acceptors (Lipinski definition) is 2. The van der Waals surface area contributed by atoms with Gasteiger partial charge in [0.25, 0.3) is 0 Å². The zero-order valence-corrected chi connectivity index (χ0v) is 10.1. The highest BCUT2D eigenvalue weighted by atomic mass is 16.2. The van der Waals surface area contributed by atoms with Crippen LogP contribution in [0.3, 0.4) is 0 Å². The Bertz CT molecular complexity index is 444. The van der Waals surface area contributed by atoms with Crippen molar-refractivity contribution in [2.24, 2.45) is 5.92 Å². The van der Waals surface area contributed by atoms with E-state index >= 15 is 0 Å². The van der Waals surface area contributed by atoms with Gasteiger partial charge < -0.3 is 10.6 Å². The first kappa shape index (κ1) is 10.8. The van der Waals surface area contributed by atoms with Gasteiger partial charge in [0.05, 0.1) is 6.04 Å². The molecule has 0 radical (unpaired) electrons. The second-order valence-corrected chi connectivity index (χ2v) is 5.23. The maximum atomic E-state index is 12.0. The predicted octanol–water partition coefficient (Wildman–Crippen LogP) is 1.23. The summed E-state index contributed by atoms with van der Waals surface area (Å²) in [6.07, 6.45) is 1.94. The molecule has 1 amide bonds. The number of carbonyl (C=O) groups excluding carboxylic acids is 1. The van der Waals surface area contributed by atoms with Crippen LogP contribution >= 0.6 is 0 Å². The van der Waals surface area contributed by atoms with Crippen molar-refractivity contribution in [2.45, 2.75) is 38.4 Å². The van der Waals surface area contributed by atoms with Gasteiger partial charge in [-0.1, -0.05) is 31.2 Å². The molecule has 17 heavy (non-hydrogen) atoms. The van der Waals surface area contributed by atoms with Crippen molar-refractivity contribution in [3.8, 4) is 0 Å². The minimum Gasteiger partial charge on any atom is -0.352 e. The number of nitrogens with one attached hydrogen (secondary N) is 2. The van der Waals surface area contributed by atoms with Crippen LogP contribution in [-0.2, 0) is 17.8 Å². The summed E-state index contributed by atoms with van der Waals surface area (Å²) in [6.45, 7) is 2.98. The molecule has 2 N–H and O–H groups in total. The lowest BCUT2D eigenvalue weighted by Crippen LogP contribution is -2.48. The van der Waals surface area contributed by atoms with Crippen LogP contribution in [0.1, 0.15) is 24.5 Å². The molecule has 90 valence electrons. The van der Waals surface area contributed by atoms with Crippen LogP contribution in [0.2, 0.25) is 0 Å². The Labute approximate surface area is 102 Å². The van der Waals surface area contributed by atoms with E-state index in [0.717, 1.165) is 19.4 Å². The molecule has 0 saturated heterocycles. The van der Waals surface area contributed by atoms with E-state index in [4.69, 9.17) is 0 Å². The van der Waals surface area contributed by atoms with Gasteiger partial charge in [0.2, 0.25) is 5.91 Å². The molecule has 2 unspecified atom stereocenters. The van der Waals surface area contributed by atoms with E-state index in [0.29, 0.717) is 12.0 Å². The van der Waals surface area contributed by atoms with Crippen LogP contribution < -0.4 is 10.6 Å². The Kier molecular flexibility index (Phi) is 2.63. The molecule has 1 heterocycles. The minimum atomic E-state index is -0.0577. The molecule has 1 aromatic rings. The molecular formula is C14H18N2O. The maximum Gasteiger partial charge on any atom is 0.237 e. The summed E-state index contributed by atoms with van der Waals surface area (Å²) >= 11 is 0. The van der Waals surface area contributed by atoms with Crippen LogP contribution in [-0.4, -0.2) is 18.0 Å². The van der Waals surface area contributed by atoms with E-state index in [1.165, 1.54) is 11.1 Å². The summed E-state index contributed by atoms with van der Waals surface area (Å²) in [5, 5.41) is 6.41. The Hall–Kier alpha value is -1.35. The highest BCUT2D eigenvalue weighted by Gasteiger charge is 2.36. The molecule has 1 saturated carbocycles. The van der Waals surface area contributed by atoms with Crippen LogP contribution in [0.5, 0.6) is 0 Å². The molecular weight excluding hydrogens is 212 g/mol. The maximum absolute atomic E-state index is 12.0. The van der Waals surface area contributed by atoms with Gasteiger partial charge in [-0.3, -0.25) is 4.79 Å². The van der Waals surface area contributed by atoms with Crippen molar-refractivity contribution >= 4 is 5.91 Å². The number of carbonyl (C=O) groups is 1. The predicted molar refractivity (Wildman–Crippen MR) is 66.5 cm³/mol. The Morgan fingerprint density at radius 1 is 1.35 bits per heavy atom. The zero-order chi connectivity index (χ0) is 11.8. The average Bonchev–Trinajstić information content (AvgIpc) is 3.04. The topological polar surface area (TPSA) is 41.1 Å². The molecule has 0 spiro atoms. The lowest BCUT2D eigenvalue weighted by molar-refractivity contribution is -0.123. The van der Waals surface area contributed by atoms with Gasteiger partial charge in [-0.05, 0) is 29.9 Å². The first-order valence-electron chi connectivity index (χ1n) is 6.34. The van der Waals surface area contributed by atoms with Gasteiger partial charge in [-0.2, -0.15) is 0 Å². The Morgan fingerprint density at radius 2 is 2.06 bits per heavy atom. The molecule has 3 rings (SSSR count). The molecule has 1 aliphatic carbocycles. The number of rotatable bonds is 2. The van der Waals surface area contributed by atoms with E-state index in [-0.39, 0.29) is 11.9 Å². The standard InChI is InChI=1S/C14H18N2O/c1-9-6-12(9)16-14(17)13-7-10-4-2-3-5-11(10)8-15-13/h2-5,9,12-13,15H,6-8H2,1H3,(H,16,17)/t9?,12?,13-/m1/s1. The van der Waals surface area contributed by atoms with Gasteiger partial charge in [-0.15, -0.1) is 0 Å². The van der Waals surface area contributed by atoms with Gasteiger partial charge in [0.15, 0.2) is 0 Å². The summed E-state index contributed by atoms with van der Waals surface area (Å²) in [6, 6.07) is 8.70. The molecule has 1 aliphatic heterocycles. The summed E-state index contributed by atoms with van der Waals surface area (Å²) < 4.78 is 0. The van der Waals surface area contributed by atoms with E-state index in [1.807, 2.05) is 12.1 Å². The van der Waals surface area contributed by atoms with Crippen molar-refractivity contribution in [2.75, 3.05) is 0 Å². The lowest BCUT2D eigenvalue weighted by Gasteiger charge is -2.25. The van der Waals surface area contributed by atoms with Gasteiger partial charge >= 0.3 is 0 Å². The van der Waals surface area contributed by atoms with Gasteiger partial charge in [0.1, 0.15) is 0 Å². The average molecular weight is 230 g/mol. The number of hydrogen-bond donors (Lipinski definition) is 2. The van der Waals surface area contributed by atoms with E-state index in [2.05, 4.69) is 29.7 Å². The van der Waals surface area contributed by atoms with Crippen molar-refractivity contribution in [1.29, 1.82) is 0 Å². The monoisotopic (exact) mass is 230 g/mol. The summed E-state index contributed by atoms with van der Waals surface area (Å²) in [4.78, 5) is 12.0. The lowest BCUT2D eigenvalue weighted by atomic mass is 9.95. The summed E-state index contributed by atoms with van der Waals surface area (Å²) in [7, 11) is 0. The van der Waals surface area contributed by atoms with E-state index in [9.17, 15) is 4.79 Å². The molecule has 3 nitrogen and oxygen atoms in total. The number of benzene rings is 1. The molecule has 1 aromatic carbocycles. The highest BCUT2D eigenvalue weighted by molar-refractivity contribution is 5.83. The van der Waals surface area contributed by atoms with Crippen molar-refractivity contribution in [1.82, 2.24) is 10.6 Å². The quantitative estimate of drug-likeness (QED) is 0.802. The van der Waals surface area contributed by atoms with Crippen LogP contribution in [0, 0.1) is 5.92 Å². The molecule has 0 aromatic heterocycles. The first-order valence-corrected chi connectivity index (χ1v) is 6.34. The molecule has 1 fully saturated rings. The Morgan fingerprint density at radius 3 is 2.76 bits per heavy atom. The minimum absolute atomic E-state index is 0.0577. The smallest absolute Gasteiger partial charge is 0.237 e. The fourth-order valence-corrected chi connectivity index (χ4v) is 2.45. The number of fused-ring (bicyclic) bond motifs is 1. The van der Waals surface area contributed by atoms with Crippen LogP contribution in [0.25, 0.3) is 0 Å². The van der Waals surface area contributed by atoms with E-state index < -0.39 is 0 Å². The third-order valence-corrected chi connectivity index (χ3v) is 3.83. The third kappa shape index (κ3) is 2.20. The molecule has 0 bridgehead atoms. The number of amides is 1. The van der Waals surface area contributed by atoms with Gasteiger partial charge in [0, 0.05) is 12.6 Å². The molecule has 2 aliphatic rings. The van der Waals surface area contributed by atoms with E-state index in [1.54, 1.807) is 0 Å².